The number of aromatic nitrogens is 1. The maximum Gasteiger partial charge on any atom is 0.169 e. The maximum absolute atomic E-state index is 12.4. The molecule has 4 heteroatoms. The van der Waals surface area contributed by atoms with E-state index < -0.39 is 0 Å². The fraction of sp³-hybridized carbons (Fsp3) is 0.0625. The average Bonchev–Trinajstić information content (AvgIpc) is 2.87. The molecular formula is C16H11Cl2NO. The highest BCUT2D eigenvalue weighted by atomic mass is 35.5. The van der Waals surface area contributed by atoms with E-state index in [0.717, 1.165) is 16.5 Å². The van der Waals surface area contributed by atoms with Crippen LogP contribution < -0.4 is 0 Å². The number of hydrogen-bond donors (Lipinski definition) is 1. The third kappa shape index (κ3) is 2.33. The Hall–Kier alpha value is -1.77. The summed E-state index contributed by atoms with van der Waals surface area (Å²) < 4.78 is 0. The molecule has 2 nitrogen and oxygen atoms in total. The highest BCUT2D eigenvalue weighted by Crippen LogP contribution is 2.26. The number of carbonyl (C=O) groups excluding carboxylic acids is 1. The molecule has 1 aromatic heterocycles. The molecule has 0 bridgehead atoms. The van der Waals surface area contributed by atoms with E-state index in [-0.39, 0.29) is 12.2 Å². The first kappa shape index (κ1) is 13.2. The molecule has 0 unspecified atom stereocenters. The first-order valence-electron chi connectivity index (χ1n) is 6.19. The third-order valence-electron chi connectivity index (χ3n) is 3.27. The Kier molecular flexibility index (Phi) is 3.51. The smallest absolute Gasteiger partial charge is 0.169 e. The fourth-order valence-electron chi connectivity index (χ4n) is 2.26. The summed E-state index contributed by atoms with van der Waals surface area (Å²) in [5.41, 5.74) is 2.26. The molecule has 20 heavy (non-hydrogen) atoms. The van der Waals surface area contributed by atoms with Gasteiger partial charge in [-0.25, -0.2) is 0 Å². The van der Waals surface area contributed by atoms with Crippen LogP contribution in [-0.2, 0) is 6.42 Å². The average molecular weight is 304 g/mol. The van der Waals surface area contributed by atoms with Gasteiger partial charge in [0.2, 0.25) is 0 Å². The van der Waals surface area contributed by atoms with Crippen molar-refractivity contribution in [1.29, 1.82) is 0 Å². The zero-order valence-corrected chi connectivity index (χ0v) is 12.0. The van der Waals surface area contributed by atoms with E-state index in [2.05, 4.69) is 4.98 Å². The van der Waals surface area contributed by atoms with Crippen LogP contribution in [0.2, 0.25) is 10.0 Å². The molecule has 0 aliphatic carbocycles. The van der Waals surface area contributed by atoms with Crippen LogP contribution in [0.15, 0.2) is 48.7 Å². The number of Topliss-reactive ketones (excluding diaryl/α,β-unsaturated/α-hetero) is 1. The number of ketones is 1. The van der Waals surface area contributed by atoms with Crippen molar-refractivity contribution < 1.29 is 4.79 Å². The molecule has 100 valence electrons. The molecule has 0 fully saturated rings. The van der Waals surface area contributed by atoms with Crippen molar-refractivity contribution in [3.8, 4) is 0 Å². The highest BCUT2D eigenvalue weighted by molar-refractivity contribution is 6.35. The summed E-state index contributed by atoms with van der Waals surface area (Å²) in [6.07, 6.45) is 1.98. The van der Waals surface area contributed by atoms with Gasteiger partial charge in [-0.15, -0.1) is 0 Å². The lowest BCUT2D eigenvalue weighted by atomic mass is 10.0. The minimum Gasteiger partial charge on any atom is -0.359 e. The van der Waals surface area contributed by atoms with Crippen LogP contribution in [0.4, 0.5) is 0 Å². The lowest BCUT2D eigenvalue weighted by molar-refractivity contribution is 0.0994. The van der Waals surface area contributed by atoms with Crippen molar-refractivity contribution in [2.24, 2.45) is 0 Å². The van der Waals surface area contributed by atoms with E-state index >= 15 is 0 Å². The molecule has 0 saturated heterocycles. The van der Waals surface area contributed by atoms with Crippen molar-refractivity contribution in [3.05, 3.63) is 69.8 Å². The molecule has 1 heterocycles. The van der Waals surface area contributed by atoms with Crippen molar-refractivity contribution in [2.45, 2.75) is 6.42 Å². The van der Waals surface area contributed by atoms with Crippen LogP contribution in [0.5, 0.6) is 0 Å². The number of fused-ring (bicyclic) bond motifs is 1. The van der Waals surface area contributed by atoms with Crippen LogP contribution >= 0.6 is 23.2 Å². The van der Waals surface area contributed by atoms with Crippen molar-refractivity contribution in [3.63, 3.8) is 0 Å². The molecule has 0 radical (unpaired) electrons. The molecule has 0 aliphatic heterocycles. The lowest BCUT2D eigenvalue weighted by Gasteiger charge is -2.03. The van der Waals surface area contributed by atoms with E-state index in [0.29, 0.717) is 15.6 Å². The molecular weight excluding hydrogens is 293 g/mol. The van der Waals surface area contributed by atoms with E-state index in [1.807, 2.05) is 30.3 Å². The summed E-state index contributed by atoms with van der Waals surface area (Å²) in [4.78, 5) is 15.5. The Morgan fingerprint density at radius 3 is 2.55 bits per heavy atom. The van der Waals surface area contributed by atoms with E-state index in [1.54, 1.807) is 18.3 Å². The fourth-order valence-corrected chi connectivity index (χ4v) is 2.69. The normalized spacial score (nSPS) is 10.9. The van der Waals surface area contributed by atoms with Gasteiger partial charge in [0, 0.05) is 28.6 Å². The van der Waals surface area contributed by atoms with E-state index in [9.17, 15) is 4.79 Å². The van der Waals surface area contributed by atoms with Gasteiger partial charge in [-0.3, -0.25) is 4.79 Å². The summed E-state index contributed by atoms with van der Waals surface area (Å²) in [7, 11) is 0. The maximum atomic E-state index is 12.4. The molecule has 0 amide bonds. The van der Waals surface area contributed by atoms with Crippen molar-refractivity contribution in [1.82, 2.24) is 4.98 Å². The number of hydrogen-bond acceptors (Lipinski definition) is 1. The predicted octanol–water partition coefficient (Wildman–Crippen LogP) is 4.90. The van der Waals surface area contributed by atoms with Gasteiger partial charge in [0.1, 0.15) is 0 Å². The predicted molar refractivity (Wildman–Crippen MR) is 82.8 cm³/mol. The summed E-state index contributed by atoms with van der Waals surface area (Å²) in [6.45, 7) is 0. The van der Waals surface area contributed by atoms with Crippen LogP contribution in [0.25, 0.3) is 10.9 Å². The number of H-pyrrole nitrogens is 1. The second kappa shape index (κ2) is 5.31. The van der Waals surface area contributed by atoms with Gasteiger partial charge in [0.15, 0.2) is 5.78 Å². The number of benzene rings is 2. The van der Waals surface area contributed by atoms with Gasteiger partial charge in [0.05, 0.1) is 10.5 Å². The monoisotopic (exact) mass is 303 g/mol. The standard InChI is InChI=1S/C16H11Cl2NO/c17-13-6-2-1-4-10(13)8-15(20)12-9-19-16-11(12)5-3-7-14(16)18/h1-7,9,19H,8H2. The zero-order chi connectivity index (χ0) is 14.1. The Morgan fingerprint density at radius 2 is 1.75 bits per heavy atom. The topological polar surface area (TPSA) is 32.9 Å². The number of carbonyl (C=O) groups is 1. The largest absolute Gasteiger partial charge is 0.359 e. The second-order valence-corrected chi connectivity index (χ2v) is 5.37. The molecule has 3 aromatic rings. The van der Waals surface area contributed by atoms with Crippen molar-refractivity contribution >= 4 is 39.9 Å². The third-order valence-corrected chi connectivity index (χ3v) is 3.96. The van der Waals surface area contributed by atoms with Gasteiger partial charge >= 0.3 is 0 Å². The second-order valence-electron chi connectivity index (χ2n) is 4.56. The number of halogens is 2. The van der Waals surface area contributed by atoms with Crippen LogP contribution in [-0.4, -0.2) is 10.8 Å². The minimum absolute atomic E-state index is 0.0200. The quantitative estimate of drug-likeness (QED) is 0.686. The Morgan fingerprint density at radius 1 is 1.00 bits per heavy atom. The van der Waals surface area contributed by atoms with Gasteiger partial charge in [-0.05, 0) is 17.7 Å². The first-order valence-corrected chi connectivity index (χ1v) is 6.94. The minimum atomic E-state index is 0.0200. The first-order chi connectivity index (χ1) is 9.66. The molecule has 0 aliphatic rings. The molecule has 2 aromatic carbocycles. The SMILES string of the molecule is O=C(Cc1ccccc1Cl)c1c[nH]c2c(Cl)cccc12. The molecule has 0 saturated carbocycles. The van der Waals surface area contributed by atoms with E-state index in [4.69, 9.17) is 23.2 Å². The molecule has 1 N–H and O–H groups in total. The Bertz CT molecular complexity index is 792. The van der Waals surface area contributed by atoms with Crippen LogP contribution in [0, 0.1) is 0 Å². The molecule has 3 rings (SSSR count). The summed E-state index contributed by atoms with van der Waals surface area (Å²) in [5.74, 6) is 0.0200. The number of rotatable bonds is 3. The summed E-state index contributed by atoms with van der Waals surface area (Å²) in [6, 6.07) is 12.9. The van der Waals surface area contributed by atoms with Crippen molar-refractivity contribution in [2.75, 3.05) is 0 Å². The highest BCUT2D eigenvalue weighted by Gasteiger charge is 2.14. The van der Waals surface area contributed by atoms with Gasteiger partial charge in [-0.1, -0.05) is 53.5 Å². The lowest BCUT2D eigenvalue weighted by Crippen LogP contribution is -2.03. The number of para-hydroxylation sites is 1. The van der Waals surface area contributed by atoms with Crippen LogP contribution in [0.1, 0.15) is 15.9 Å². The number of aromatic amines is 1. The van der Waals surface area contributed by atoms with Crippen LogP contribution in [0.3, 0.4) is 0 Å². The number of nitrogens with one attached hydrogen (secondary N) is 1. The van der Waals surface area contributed by atoms with Gasteiger partial charge in [0.25, 0.3) is 0 Å². The Balaban J connectivity index is 1.98. The zero-order valence-electron chi connectivity index (χ0n) is 10.5. The van der Waals surface area contributed by atoms with Gasteiger partial charge in [-0.2, -0.15) is 0 Å². The van der Waals surface area contributed by atoms with Gasteiger partial charge < -0.3 is 4.98 Å². The summed E-state index contributed by atoms with van der Waals surface area (Å²) >= 11 is 12.2. The molecule has 0 spiro atoms. The Labute approximate surface area is 126 Å². The summed E-state index contributed by atoms with van der Waals surface area (Å²) in [5, 5.41) is 2.06. The van der Waals surface area contributed by atoms with E-state index in [1.165, 1.54) is 0 Å². The molecule has 0 atom stereocenters.